The fourth-order valence-electron chi connectivity index (χ4n) is 4.15. The normalized spacial score (nSPS) is 17.7. The number of anilines is 1. The molecule has 1 unspecified atom stereocenters. The molecule has 8 nitrogen and oxygen atoms in total. The van der Waals surface area contributed by atoms with Crippen LogP contribution >= 0.6 is 0 Å². The van der Waals surface area contributed by atoms with Crippen LogP contribution in [-0.4, -0.2) is 46.0 Å². The molecule has 1 atom stereocenters. The van der Waals surface area contributed by atoms with Crippen LogP contribution in [0.1, 0.15) is 31.4 Å². The molecule has 2 aliphatic heterocycles. The first-order chi connectivity index (χ1) is 14.9. The van der Waals surface area contributed by atoms with Crippen LogP contribution in [0.5, 0.6) is 5.88 Å². The summed E-state index contributed by atoms with van der Waals surface area (Å²) in [6, 6.07) is 7.71. The Morgan fingerprint density at radius 1 is 1.32 bits per heavy atom. The molecule has 0 aliphatic carbocycles. The highest BCUT2D eigenvalue weighted by atomic mass is 19.1. The standard InChI is InChI=1S/C22H24FN5O3/c1-14(2)21(29)26-6-3-7-27-17(11-26)12-28-20(27)9-19(25-22(28)30)31-13-15-4-5-18(23)16(8-15)10-24/h4-5,8-9,14,17H,3,6-7,11-13H2,1-2H3. The number of aromatic nitrogens is 2. The molecule has 1 amide bonds. The molecule has 0 saturated carbocycles. The second kappa shape index (κ2) is 8.38. The number of fused-ring (bicyclic) bond motifs is 3. The summed E-state index contributed by atoms with van der Waals surface area (Å²) in [7, 11) is 0. The molecule has 162 valence electrons. The summed E-state index contributed by atoms with van der Waals surface area (Å²) < 4.78 is 20.8. The largest absolute Gasteiger partial charge is 0.473 e. The van der Waals surface area contributed by atoms with Crippen molar-refractivity contribution >= 4 is 11.7 Å². The molecule has 3 heterocycles. The van der Waals surface area contributed by atoms with Crippen LogP contribution in [0.15, 0.2) is 29.1 Å². The maximum atomic E-state index is 13.5. The van der Waals surface area contributed by atoms with Gasteiger partial charge < -0.3 is 14.5 Å². The number of carbonyl (C=O) groups excluding carboxylic acids is 1. The van der Waals surface area contributed by atoms with Gasteiger partial charge in [0.25, 0.3) is 0 Å². The summed E-state index contributed by atoms with van der Waals surface area (Å²) in [6.45, 7) is 6.34. The zero-order chi connectivity index (χ0) is 22.1. The maximum Gasteiger partial charge on any atom is 0.352 e. The third-order valence-electron chi connectivity index (χ3n) is 5.70. The van der Waals surface area contributed by atoms with E-state index in [1.54, 1.807) is 16.7 Å². The lowest BCUT2D eigenvalue weighted by molar-refractivity contribution is -0.134. The van der Waals surface area contributed by atoms with Crippen LogP contribution in [0.2, 0.25) is 0 Å². The number of hydrogen-bond acceptors (Lipinski definition) is 6. The second-order valence-electron chi connectivity index (χ2n) is 8.20. The molecule has 4 rings (SSSR count). The van der Waals surface area contributed by atoms with Crippen molar-refractivity contribution < 1.29 is 13.9 Å². The van der Waals surface area contributed by atoms with E-state index >= 15 is 0 Å². The summed E-state index contributed by atoms with van der Waals surface area (Å²) in [6.07, 6.45) is 0.814. The molecule has 0 radical (unpaired) electrons. The minimum absolute atomic E-state index is 0.0187. The molecule has 9 heteroatoms. The molecular formula is C22H24FN5O3. The number of rotatable bonds is 4. The molecule has 1 aromatic heterocycles. The van der Waals surface area contributed by atoms with Gasteiger partial charge in [-0.05, 0) is 24.1 Å². The van der Waals surface area contributed by atoms with E-state index in [1.165, 1.54) is 18.2 Å². The number of nitrogens with zero attached hydrogens (tertiary/aromatic N) is 5. The van der Waals surface area contributed by atoms with Gasteiger partial charge in [0.05, 0.1) is 18.2 Å². The van der Waals surface area contributed by atoms with Crippen LogP contribution in [0.3, 0.4) is 0 Å². The van der Waals surface area contributed by atoms with E-state index in [0.717, 1.165) is 18.8 Å². The van der Waals surface area contributed by atoms with Gasteiger partial charge in [-0.2, -0.15) is 10.2 Å². The first-order valence-electron chi connectivity index (χ1n) is 10.4. The molecule has 31 heavy (non-hydrogen) atoms. The third kappa shape index (κ3) is 4.10. The molecule has 0 N–H and O–H groups in total. The van der Waals surface area contributed by atoms with Gasteiger partial charge in [0, 0.05) is 31.6 Å². The van der Waals surface area contributed by atoms with Crippen molar-refractivity contribution in [1.82, 2.24) is 14.5 Å². The average molecular weight is 425 g/mol. The van der Waals surface area contributed by atoms with Crippen LogP contribution in [0, 0.1) is 23.1 Å². The predicted octanol–water partition coefficient (Wildman–Crippen LogP) is 1.91. The van der Waals surface area contributed by atoms with Crippen LogP contribution in [-0.2, 0) is 17.9 Å². The zero-order valence-corrected chi connectivity index (χ0v) is 17.5. The molecule has 1 aromatic carbocycles. The van der Waals surface area contributed by atoms with Crippen molar-refractivity contribution in [2.45, 2.75) is 39.5 Å². The van der Waals surface area contributed by atoms with Gasteiger partial charge in [0.2, 0.25) is 11.8 Å². The summed E-state index contributed by atoms with van der Waals surface area (Å²) >= 11 is 0. The van der Waals surface area contributed by atoms with Crippen LogP contribution in [0.25, 0.3) is 0 Å². The Hall–Kier alpha value is -3.41. The average Bonchev–Trinajstić information content (AvgIpc) is 2.96. The molecule has 0 bridgehead atoms. The molecular weight excluding hydrogens is 401 g/mol. The number of hydrogen-bond donors (Lipinski definition) is 0. The highest BCUT2D eigenvalue weighted by Crippen LogP contribution is 2.29. The summed E-state index contributed by atoms with van der Waals surface area (Å²) in [5.41, 5.74) is 0.144. The van der Waals surface area contributed by atoms with Crippen molar-refractivity contribution in [2.75, 3.05) is 24.5 Å². The van der Waals surface area contributed by atoms with Crippen LogP contribution < -0.4 is 15.3 Å². The van der Waals surface area contributed by atoms with Crippen molar-refractivity contribution in [3.05, 3.63) is 51.7 Å². The first kappa shape index (κ1) is 20.8. The summed E-state index contributed by atoms with van der Waals surface area (Å²) in [4.78, 5) is 33.2. The second-order valence-corrected chi connectivity index (χ2v) is 8.20. The Morgan fingerprint density at radius 3 is 2.87 bits per heavy atom. The Kier molecular flexibility index (Phi) is 5.63. The van der Waals surface area contributed by atoms with E-state index in [-0.39, 0.29) is 35.9 Å². The minimum atomic E-state index is -0.586. The van der Waals surface area contributed by atoms with Gasteiger partial charge in [0.15, 0.2) is 0 Å². The molecule has 2 aromatic rings. The van der Waals surface area contributed by atoms with E-state index in [9.17, 15) is 14.0 Å². The van der Waals surface area contributed by atoms with Gasteiger partial charge in [-0.25, -0.2) is 9.18 Å². The Morgan fingerprint density at radius 2 is 2.13 bits per heavy atom. The highest BCUT2D eigenvalue weighted by Gasteiger charge is 2.35. The first-order valence-corrected chi connectivity index (χ1v) is 10.4. The molecule has 0 spiro atoms. The smallest absolute Gasteiger partial charge is 0.352 e. The number of benzene rings is 1. The quantitative estimate of drug-likeness (QED) is 0.743. The SMILES string of the molecule is CC(C)C(=O)N1CCCN2c3cc(OCc4ccc(F)c(C#N)c4)nc(=O)n3CC2C1. The van der Waals surface area contributed by atoms with Crippen LogP contribution in [0.4, 0.5) is 10.2 Å². The highest BCUT2D eigenvalue weighted by molar-refractivity contribution is 5.78. The summed E-state index contributed by atoms with van der Waals surface area (Å²) in [5.74, 6) is 0.392. The lowest BCUT2D eigenvalue weighted by Crippen LogP contribution is -2.43. The predicted molar refractivity (Wildman–Crippen MR) is 111 cm³/mol. The molecule has 2 aliphatic rings. The van der Waals surface area contributed by atoms with E-state index in [0.29, 0.717) is 25.2 Å². The van der Waals surface area contributed by atoms with E-state index < -0.39 is 11.5 Å². The molecule has 1 fully saturated rings. The van der Waals surface area contributed by atoms with Crippen molar-refractivity contribution in [2.24, 2.45) is 5.92 Å². The minimum Gasteiger partial charge on any atom is -0.473 e. The van der Waals surface area contributed by atoms with Gasteiger partial charge in [-0.3, -0.25) is 9.36 Å². The number of nitriles is 1. The number of ether oxygens (including phenoxy) is 1. The van der Waals surface area contributed by atoms with E-state index in [1.807, 2.05) is 18.7 Å². The lowest BCUT2D eigenvalue weighted by Gasteiger charge is -2.27. The fourth-order valence-corrected chi connectivity index (χ4v) is 4.15. The Balaban J connectivity index is 1.53. The zero-order valence-electron chi connectivity index (χ0n) is 17.5. The number of amides is 1. The van der Waals surface area contributed by atoms with Crippen molar-refractivity contribution in [3.8, 4) is 11.9 Å². The topological polar surface area (TPSA) is 91.5 Å². The lowest BCUT2D eigenvalue weighted by atomic mass is 10.1. The van der Waals surface area contributed by atoms with Gasteiger partial charge in [-0.1, -0.05) is 19.9 Å². The summed E-state index contributed by atoms with van der Waals surface area (Å²) in [5, 5.41) is 8.97. The van der Waals surface area contributed by atoms with Gasteiger partial charge >= 0.3 is 5.69 Å². The van der Waals surface area contributed by atoms with Crippen molar-refractivity contribution in [1.29, 1.82) is 5.26 Å². The monoisotopic (exact) mass is 425 g/mol. The Labute approximate surface area is 179 Å². The number of carbonyl (C=O) groups is 1. The van der Waals surface area contributed by atoms with E-state index in [2.05, 4.69) is 9.88 Å². The van der Waals surface area contributed by atoms with Gasteiger partial charge in [-0.15, -0.1) is 0 Å². The van der Waals surface area contributed by atoms with E-state index in [4.69, 9.17) is 10.00 Å². The third-order valence-corrected chi connectivity index (χ3v) is 5.70. The number of halogens is 1. The molecule has 1 saturated heterocycles. The Bertz CT molecular complexity index is 1110. The van der Waals surface area contributed by atoms with Gasteiger partial charge in [0.1, 0.15) is 24.3 Å². The fraction of sp³-hybridized carbons (Fsp3) is 0.455. The maximum absolute atomic E-state index is 13.5. The van der Waals surface area contributed by atoms with Crippen molar-refractivity contribution in [3.63, 3.8) is 0 Å².